The minimum absolute atomic E-state index is 0.625. The smallest absolute Gasteiger partial charge is 0.00946 e. The minimum Gasteiger partial charge on any atom is -0.0882 e. The van der Waals surface area contributed by atoms with Crippen LogP contribution >= 0.6 is 0 Å². The maximum Gasteiger partial charge on any atom is -0.00946 e. The van der Waals surface area contributed by atoms with Crippen molar-refractivity contribution in [2.75, 3.05) is 0 Å². The molecular weight excluding hydrogens is 204 g/mol. The zero-order chi connectivity index (χ0) is 12.5. The van der Waals surface area contributed by atoms with Gasteiger partial charge in [-0.25, -0.2) is 0 Å². The summed E-state index contributed by atoms with van der Waals surface area (Å²) in [5, 5.41) is 0. The number of rotatable bonds is 7. The number of benzene rings is 1. The molecule has 0 heterocycles. The molecule has 0 saturated carbocycles. The number of hydrogen-bond donors (Lipinski definition) is 0. The molecule has 0 saturated heterocycles. The Labute approximate surface area is 107 Å². The topological polar surface area (TPSA) is 0 Å². The summed E-state index contributed by atoms with van der Waals surface area (Å²) in [6, 6.07) is 8.80. The highest BCUT2D eigenvalue weighted by Crippen LogP contribution is 2.19. The fourth-order valence-electron chi connectivity index (χ4n) is 2.12. The molecule has 0 aromatic heterocycles. The molecule has 0 aliphatic rings. The van der Waals surface area contributed by atoms with E-state index >= 15 is 0 Å². The van der Waals surface area contributed by atoms with Gasteiger partial charge in [-0.15, -0.1) is 0 Å². The van der Waals surface area contributed by atoms with Crippen LogP contribution in [0.3, 0.4) is 0 Å². The van der Waals surface area contributed by atoms with Crippen molar-refractivity contribution in [3.05, 3.63) is 47.5 Å². The summed E-state index contributed by atoms with van der Waals surface area (Å²) in [7, 11) is 0. The second-order valence-corrected chi connectivity index (χ2v) is 5.02. The summed E-state index contributed by atoms with van der Waals surface area (Å²) in [4.78, 5) is 0. The summed E-state index contributed by atoms with van der Waals surface area (Å²) in [5.74, 6) is 0.625. The van der Waals surface area contributed by atoms with E-state index in [4.69, 9.17) is 0 Å². The van der Waals surface area contributed by atoms with E-state index in [9.17, 15) is 0 Å². The van der Waals surface area contributed by atoms with Crippen LogP contribution in [0.25, 0.3) is 0 Å². The van der Waals surface area contributed by atoms with E-state index in [1.165, 1.54) is 36.8 Å². The van der Waals surface area contributed by atoms with Gasteiger partial charge in [-0.2, -0.15) is 0 Å². The van der Waals surface area contributed by atoms with E-state index in [2.05, 4.69) is 57.2 Å². The molecule has 0 aliphatic heterocycles. The number of hydrogen-bond acceptors (Lipinski definition) is 0. The predicted octanol–water partition coefficient (Wildman–Crippen LogP) is 5.49. The van der Waals surface area contributed by atoms with Crippen molar-refractivity contribution < 1.29 is 0 Å². The molecule has 0 amide bonds. The molecule has 1 rings (SSSR count). The van der Waals surface area contributed by atoms with Gasteiger partial charge >= 0.3 is 0 Å². The van der Waals surface area contributed by atoms with Crippen LogP contribution in [0.4, 0.5) is 0 Å². The van der Waals surface area contributed by atoms with Crippen molar-refractivity contribution in [3.63, 3.8) is 0 Å². The molecule has 1 aromatic rings. The van der Waals surface area contributed by atoms with Crippen molar-refractivity contribution in [2.24, 2.45) is 0 Å². The highest BCUT2D eigenvalue weighted by molar-refractivity contribution is 5.31. The average molecular weight is 230 g/mol. The highest BCUT2D eigenvalue weighted by atomic mass is 14.1. The summed E-state index contributed by atoms with van der Waals surface area (Å²) in [5.41, 5.74) is 2.97. The molecule has 0 atom stereocenters. The number of allylic oxidation sites excluding steroid dienone is 2. The first kappa shape index (κ1) is 14.0. The van der Waals surface area contributed by atoms with Crippen molar-refractivity contribution >= 4 is 0 Å². The van der Waals surface area contributed by atoms with Crippen molar-refractivity contribution in [3.8, 4) is 0 Å². The van der Waals surface area contributed by atoms with Crippen LogP contribution < -0.4 is 0 Å². The summed E-state index contributed by atoms with van der Waals surface area (Å²) < 4.78 is 0. The normalized spacial score (nSPS) is 11.5. The van der Waals surface area contributed by atoms with Gasteiger partial charge in [0.15, 0.2) is 0 Å². The fraction of sp³-hybridized carbons (Fsp3) is 0.529. The first-order valence-electron chi connectivity index (χ1n) is 6.98. The highest BCUT2D eigenvalue weighted by Gasteiger charge is 2.03. The maximum atomic E-state index is 2.34. The van der Waals surface area contributed by atoms with Crippen molar-refractivity contribution in [1.29, 1.82) is 0 Å². The Morgan fingerprint density at radius 2 is 1.82 bits per heavy atom. The quantitative estimate of drug-likeness (QED) is 0.429. The molecule has 0 unspecified atom stereocenters. The van der Waals surface area contributed by atoms with Gasteiger partial charge in [0.1, 0.15) is 0 Å². The third kappa shape index (κ3) is 5.21. The monoisotopic (exact) mass is 230 g/mol. The lowest BCUT2D eigenvalue weighted by Gasteiger charge is -2.10. The Morgan fingerprint density at radius 1 is 1.06 bits per heavy atom. The molecule has 0 N–H and O–H groups in total. The molecule has 0 radical (unpaired) electrons. The first-order chi connectivity index (χ1) is 8.25. The molecule has 0 bridgehead atoms. The van der Waals surface area contributed by atoms with Gasteiger partial charge in [-0.1, -0.05) is 70.0 Å². The molecule has 0 nitrogen and oxygen atoms in total. The second-order valence-electron chi connectivity index (χ2n) is 5.02. The molecular formula is C17H26. The average Bonchev–Trinajstić information content (AvgIpc) is 2.34. The van der Waals surface area contributed by atoms with Gasteiger partial charge in [-0.3, -0.25) is 0 Å². The molecule has 94 valence electrons. The Hall–Kier alpha value is -1.04. The zero-order valence-corrected chi connectivity index (χ0v) is 11.6. The van der Waals surface area contributed by atoms with Crippen LogP contribution in [0, 0.1) is 0 Å². The first-order valence-corrected chi connectivity index (χ1v) is 6.98. The molecule has 0 aliphatic carbocycles. The lowest BCUT2D eigenvalue weighted by Crippen LogP contribution is -1.94. The van der Waals surface area contributed by atoms with E-state index < -0.39 is 0 Å². The van der Waals surface area contributed by atoms with E-state index in [1.54, 1.807) is 0 Å². The SMILES string of the molecule is CCCCC/C=C/Cc1ccccc1C(C)C. The standard InChI is InChI=1S/C17H26/c1-4-5-6-7-8-9-12-16-13-10-11-14-17(16)15(2)3/h8-11,13-15H,4-7,12H2,1-3H3/b9-8+. The minimum atomic E-state index is 0.625. The largest absolute Gasteiger partial charge is 0.0882 e. The van der Waals surface area contributed by atoms with E-state index in [-0.39, 0.29) is 0 Å². The second kappa shape index (κ2) is 8.11. The lowest BCUT2D eigenvalue weighted by atomic mass is 9.95. The zero-order valence-electron chi connectivity index (χ0n) is 11.6. The van der Waals surface area contributed by atoms with E-state index in [0.717, 1.165) is 6.42 Å². The summed E-state index contributed by atoms with van der Waals surface area (Å²) >= 11 is 0. The van der Waals surface area contributed by atoms with Crippen LogP contribution in [0.15, 0.2) is 36.4 Å². The van der Waals surface area contributed by atoms with Gasteiger partial charge in [0.05, 0.1) is 0 Å². The van der Waals surface area contributed by atoms with Crippen LogP contribution in [-0.2, 0) is 6.42 Å². The fourth-order valence-corrected chi connectivity index (χ4v) is 2.12. The van der Waals surface area contributed by atoms with Crippen LogP contribution in [0.2, 0.25) is 0 Å². The van der Waals surface area contributed by atoms with Gasteiger partial charge < -0.3 is 0 Å². The molecule has 0 spiro atoms. The lowest BCUT2D eigenvalue weighted by molar-refractivity contribution is 0.728. The molecule has 17 heavy (non-hydrogen) atoms. The van der Waals surface area contributed by atoms with Crippen molar-refractivity contribution in [1.82, 2.24) is 0 Å². The predicted molar refractivity (Wildman–Crippen MR) is 77.5 cm³/mol. The van der Waals surface area contributed by atoms with E-state index in [1.807, 2.05) is 0 Å². The van der Waals surface area contributed by atoms with Gasteiger partial charge in [0, 0.05) is 0 Å². The maximum absolute atomic E-state index is 2.34. The third-order valence-electron chi connectivity index (χ3n) is 3.16. The van der Waals surface area contributed by atoms with Crippen LogP contribution in [-0.4, -0.2) is 0 Å². The Kier molecular flexibility index (Phi) is 6.69. The Balaban J connectivity index is 2.45. The molecule has 0 heteroatoms. The summed E-state index contributed by atoms with van der Waals surface area (Å²) in [6.45, 7) is 6.79. The summed E-state index contributed by atoms with van der Waals surface area (Å²) in [6.07, 6.45) is 11.0. The van der Waals surface area contributed by atoms with Gasteiger partial charge in [0.25, 0.3) is 0 Å². The molecule has 1 aromatic carbocycles. The van der Waals surface area contributed by atoms with Gasteiger partial charge in [-0.05, 0) is 36.3 Å². The van der Waals surface area contributed by atoms with Gasteiger partial charge in [0.2, 0.25) is 0 Å². The molecule has 0 fully saturated rings. The van der Waals surface area contributed by atoms with Crippen LogP contribution in [0.5, 0.6) is 0 Å². The number of unbranched alkanes of at least 4 members (excludes halogenated alkanes) is 3. The Bertz CT molecular complexity index is 334. The van der Waals surface area contributed by atoms with Crippen LogP contribution in [0.1, 0.15) is 63.5 Å². The van der Waals surface area contributed by atoms with E-state index in [0.29, 0.717) is 5.92 Å². The third-order valence-corrected chi connectivity index (χ3v) is 3.16. The Morgan fingerprint density at radius 3 is 2.53 bits per heavy atom. The van der Waals surface area contributed by atoms with Crippen molar-refractivity contribution in [2.45, 2.75) is 58.8 Å².